The van der Waals surface area contributed by atoms with Gasteiger partial charge in [0.25, 0.3) is 11.8 Å². The minimum absolute atomic E-state index is 0.0774. The van der Waals surface area contributed by atoms with Crippen molar-refractivity contribution in [3.05, 3.63) is 39.5 Å². The largest absolute Gasteiger partial charge is 0.337 e. The summed E-state index contributed by atoms with van der Waals surface area (Å²) in [5, 5.41) is 0. The van der Waals surface area contributed by atoms with Crippen LogP contribution in [0.5, 0.6) is 0 Å². The van der Waals surface area contributed by atoms with Gasteiger partial charge in [-0.1, -0.05) is 11.3 Å². The normalized spacial score (nSPS) is 18.2. The lowest BCUT2D eigenvalue weighted by Gasteiger charge is -2.50. The summed E-state index contributed by atoms with van der Waals surface area (Å²) < 4.78 is 1.96. The number of thiazole rings is 2. The zero-order valence-corrected chi connectivity index (χ0v) is 15.8. The Balaban J connectivity index is 1.17. The highest BCUT2D eigenvalue weighted by atomic mass is 32.1. The molecule has 2 aliphatic rings. The minimum Gasteiger partial charge on any atom is -0.337 e. The molecule has 0 radical (unpaired) electrons. The summed E-state index contributed by atoms with van der Waals surface area (Å²) in [5.74, 6) is 1.17. The number of likely N-dealkylation sites (tertiary alicyclic amines) is 2. The number of hydrogen-bond acceptors (Lipinski definition) is 6. The summed E-state index contributed by atoms with van der Waals surface area (Å²) in [4.78, 5) is 39.3. The Morgan fingerprint density at radius 1 is 1.12 bits per heavy atom. The fourth-order valence-electron chi connectivity index (χ4n) is 3.67. The molecule has 2 saturated heterocycles. The fourth-order valence-corrected chi connectivity index (χ4v) is 5.31. The maximum absolute atomic E-state index is 12.7. The van der Waals surface area contributed by atoms with Crippen molar-refractivity contribution in [3.8, 4) is 0 Å². The van der Waals surface area contributed by atoms with E-state index in [1.165, 1.54) is 22.7 Å². The Kier molecular flexibility index (Phi) is 3.61. The molecule has 0 bridgehead atoms. The molecule has 134 valence electrons. The van der Waals surface area contributed by atoms with Gasteiger partial charge in [0, 0.05) is 56.1 Å². The Bertz CT molecular complexity index is 980. The number of aromatic nitrogens is 3. The van der Waals surface area contributed by atoms with Gasteiger partial charge in [-0.2, -0.15) is 0 Å². The van der Waals surface area contributed by atoms with Gasteiger partial charge in [0.05, 0.1) is 11.7 Å². The average Bonchev–Trinajstić information content (AvgIpc) is 3.26. The monoisotopic (exact) mass is 387 g/mol. The summed E-state index contributed by atoms with van der Waals surface area (Å²) in [7, 11) is 0. The summed E-state index contributed by atoms with van der Waals surface area (Å²) >= 11 is 2.83. The van der Waals surface area contributed by atoms with E-state index in [2.05, 4.69) is 9.97 Å². The van der Waals surface area contributed by atoms with Crippen LogP contribution in [-0.2, 0) is 0 Å². The second-order valence-corrected chi connectivity index (χ2v) is 8.77. The molecule has 5 heterocycles. The minimum atomic E-state index is 0.0774. The lowest BCUT2D eigenvalue weighted by atomic mass is 9.80. The van der Waals surface area contributed by atoms with E-state index >= 15 is 0 Å². The number of aryl methyl sites for hydroxylation is 1. The third-order valence-electron chi connectivity index (χ3n) is 5.39. The van der Waals surface area contributed by atoms with E-state index in [0.717, 1.165) is 41.7 Å². The number of nitrogens with zero attached hydrogens (tertiary/aromatic N) is 5. The predicted octanol–water partition coefficient (Wildman–Crippen LogP) is 2.00. The van der Waals surface area contributed by atoms with Crippen LogP contribution in [-0.4, -0.2) is 62.2 Å². The molecule has 0 saturated carbocycles. The van der Waals surface area contributed by atoms with Crippen LogP contribution in [0.15, 0.2) is 24.1 Å². The van der Waals surface area contributed by atoms with E-state index in [1.807, 2.05) is 27.3 Å². The predicted molar refractivity (Wildman–Crippen MR) is 98.7 cm³/mol. The Morgan fingerprint density at radius 2 is 1.81 bits per heavy atom. The molecular weight excluding hydrogens is 370 g/mol. The van der Waals surface area contributed by atoms with Gasteiger partial charge in [-0.15, -0.1) is 11.3 Å². The van der Waals surface area contributed by atoms with Crippen LogP contribution >= 0.6 is 22.7 Å². The first kappa shape index (κ1) is 16.0. The van der Waals surface area contributed by atoms with Gasteiger partial charge >= 0.3 is 0 Å². The molecule has 26 heavy (non-hydrogen) atoms. The molecule has 2 amide bonds. The van der Waals surface area contributed by atoms with Crippen molar-refractivity contribution in [1.29, 1.82) is 0 Å². The second kappa shape index (κ2) is 5.88. The Labute approximate surface area is 157 Å². The third kappa shape index (κ3) is 2.38. The molecule has 3 aromatic rings. The van der Waals surface area contributed by atoms with Crippen LogP contribution in [0.3, 0.4) is 0 Å². The summed E-state index contributed by atoms with van der Waals surface area (Å²) in [5.41, 5.74) is 2.64. The molecule has 0 unspecified atom stereocenters. The molecular formula is C17H17N5O2S2. The molecule has 0 aromatic carbocycles. The summed E-state index contributed by atoms with van der Waals surface area (Å²) in [6, 6.07) is 0. The molecule has 5 rings (SSSR count). The maximum atomic E-state index is 12.7. The second-order valence-electron chi connectivity index (χ2n) is 6.90. The number of hydrogen-bond donors (Lipinski definition) is 0. The van der Waals surface area contributed by atoms with Gasteiger partial charge in [0.15, 0.2) is 4.96 Å². The molecule has 3 aromatic heterocycles. The lowest BCUT2D eigenvalue weighted by molar-refractivity contribution is -0.00842. The molecule has 7 nitrogen and oxygen atoms in total. The van der Waals surface area contributed by atoms with Crippen LogP contribution < -0.4 is 0 Å². The Hall–Kier alpha value is -2.26. The highest BCUT2D eigenvalue weighted by Crippen LogP contribution is 2.34. The standard InChI is InChI=1S/C17H17N5O2S2/c1-10-14(26-17-19-2-3-22(10)17)16(24)21-7-12(8-21)11-5-20(6-11)15(23)13-4-18-9-25-13/h2-4,9,11-12H,5-8H2,1H3. The Morgan fingerprint density at radius 3 is 2.42 bits per heavy atom. The van der Waals surface area contributed by atoms with Crippen LogP contribution in [0.4, 0.5) is 0 Å². The van der Waals surface area contributed by atoms with Crippen molar-refractivity contribution in [2.75, 3.05) is 26.2 Å². The first-order chi connectivity index (χ1) is 12.6. The lowest BCUT2D eigenvalue weighted by Crippen LogP contribution is -2.61. The molecule has 0 atom stereocenters. The first-order valence-corrected chi connectivity index (χ1v) is 10.2. The van der Waals surface area contributed by atoms with E-state index in [9.17, 15) is 9.59 Å². The number of carbonyl (C=O) groups is 2. The van der Waals surface area contributed by atoms with E-state index < -0.39 is 0 Å². The molecule has 9 heteroatoms. The van der Waals surface area contributed by atoms with Gasteiger partial charge in [-0.3, -0.25) is 19.0 Å². The number of rotatable bonds is 3. The highest BCUT2D eigenvalue weighted by molar-refractivity contribution is 7.19. The molecule has 2 fully saturated rings. The quantitative estimate of drug-likeness (QED) is 0.689. The summed E-state index contributed by atoms with van der Waals surface area (Å²) in [6.07, 6.45) is 5.27. The SMILES string of the molecule is Cc1c(C(=O)N2CC(C3CN(C(=O)c4cncs4)C3)C2)sc2nccn12. The number of amides is 2. The zero-order valence-electron chi connectivity index (χ0n) is 14.2. The topological polar surface area (TPSA) is 70.8 Å². The van der Waals surface area contributed by atoms with Crippen LogP contribution in [0.1, 0.15) is 25.0 Å². The average molecular weight is 387 g/mol. The highest BCUT2D eigenvalue weighted by Gasteiger charge is 2.43. The number of imidazole rings is 1. The molecule has 2 aliphatic heterocycles. The van der Waals surface area contributed by atoms with E-state index in [0.29, 0.717) is 16.7 Å². The van der Waals surface area contributed by atoms with Gasteiger partial charge in [-0.25, -0.2) is 4.98 Å². The van der Waals surface area contributed by atoms with Crippen LogP contribution in [0.25, 0.3) is 4.96 Å². The molecule has 0 N–H and O–H groups in total. The van der Waals surface area contributed by atoms with Gasteiger partial charge in [0.1, 0.15) is 9.75 Å². The molecule has 0 spiro atoms. The van der Waals surface area contributed by atoms with Crippen LogP contribution in [0.2, 0.25) is 0 Å². The maximum Gasteiger partial charge on any atom is 0.265 e. The van der Waals surface area contributed by atoms with E-state index in [4.69, 9.17) is 0 Å². The summed E-state index contributed by atoms with van der Waals surface area (Å²) in [6.45, 7) is 5.10. The van der Waals surface area contributed by atoms with Crippen molar-refractivity contribution in [3.63, 3.8) is 0 Å². The van der Waals surface area contributed by atoms with Gasteiger partial charge in [0.2, 0.25) is 0 Å². The van der Waals surface area contributed by atoms with Crippen LogP contribution in [0, 0.1) is 18.8 Å². The third-order valence-corrected chi connectivity index (χ3v) is 7.31. The number of fused-ring (bicyclic) bond motifs is 1. The van der Waals surface area contributed by atoms with Gasteiger partial charge < -0.3 is 9.80 Å². The van der Waals surface area contributed by atoms with Crippen molar-refractivity contribution in [2.24, 2.45) is 11.8 Å². The van der Waals surface area contributed by atoms with Crippen molar-refractivity contribution >= 4 is 39.4 Å². The molecule has 0 aliphatic carbocycles. The van der Waals surface area contributed by atoms with E-state index in [1.54, 1.807) is 17.9 Å². The van der Waals surface area contributed by atoms with Crippen molar-refractivity contribution in [1.82, 2.24) is 24.2 Å². The van der Waals surface area contributed by atoms with Gasteiger partial charge in [-0.05, 0) is 6.92 Å². The smallest absolute Gasteiger partial charge is 0.265 e. The number of carbonyl (C=O) groups excluding carboxylic acids is 2. The fraction of sp³-hybridized carbons (Fsp3) is 0.412. The van der Waals surface area contributed by atoms with Crippen molar-refractivity contribution < 1.29 is 9.59 Å². The zero-order chi connectivity index (χ0) is 17.8. The van der Waals surface area contributed by atoms with Crippen molar-refractivity contribution in [2.45, 2.75) is 6.92 Å². The van der Waals surface area contributed by atoms with E-state index in [-0.39, 0.29) is 11.8 Å². The first-order valence-electron chi connectivity index (χ1n) is 8.51.